The van der Waals surface area contributed by atoms with Gasteiger partial charge < -0.3 is 9.40 Å². The molecule has 1 aliphatic rings. The minimum atomic E-state index is -3.48. The van der Waals surface area contributed by atoms with E-state index in [4.69, 9.17) is 4.42 Å². The maximum absolute atomic E-state index is 13.6. The summed E-state index contributed by atoms with van der Waals surface area (Å²) in [5.74, 6) is 1.57. The van der Waals surface area contributed by atoms with E-state index in [1.165, 1.54) is 22.7 Å². The predicted octanol–water partition coefficient (Wildman–Crippen LogP) is 6.32. The molecule has 178 valence electrons. The van der Waals surface area contributed by atoms with E-state index in [1.54, 1.807) is 24.5 Å². The molecule has 1 N–H and O–H groups in total. The average Bonchev–Trinajstić information content (AvgIpc) is 3.34. The molecule has 34 heavy (non-hydrogen) atoms. The monoisotopic (exact) mass is 481 g/mol. The first-order chi connectivity index (χ1) is 16.2. The second-order valence-electron chi connectivity index (χ2n) is 9.45. The smallest absolute Gasteiger partial charge is 0.232 e. The van der Waals surface area contributed by atoms with Crippen molar-refractivity contribution < 1.29 is 17.2 Å². The van der Waals surface area contributed by atoms with Crippen LogP contribution in [0, 0.1) is 11.7 Å². The summed E-state index contributed by atoms with van der Waals surface area (Å²) in [6.45, 7) is 4.59. The van der Waals surface area contributed by atoms with E-state index < -0.39 is 10.0 Å². The van der Waals surface area contributed by atoms with Crippen LogP contribution < -0.4 is 4.31 Å². The second-order valence-corrected chi connectivity index (χ2v) is 11.4. The number of sulfonamides is 1. The molecule has 0 aliphatic heterocycles. The molecule has 1 aliphatic carbocycles. The third-order valence-corrected chi connectivity index (χ3v) is 7.45. The Bertz CT molecular complexity index is 1420. The van der Waals surface area contributed by atoms with Crippen molar-refractivity contribution in [1.82, 2.24) is 9.97 Å². The van der Waals surface area contributed by atoms with Gasteiger partial charge in [0.25, 0.3) is 0 Å². The molecule has 2 heterocycles. The third kappa shape index (κ3) is 4.34. The first-order valence-electron chi connectivity index (χ1n) is 11.6. The maximum Gasteiger partial charge on any atom is 0.232 e. The summed E-state index contributed by atoms with van der Waals surface area (Å²) < 4.78 is 47.1. The molecule has 0 unspecified atom stereocenters. The number of benzene rings is 2. The van der Waals surface area contributed by atoms with Gasteiger partial charge in [0.2, 0.25) is 10.0 Å². The van der Waals surface area contributed by atoms with Crippen LogP contribution in [0.2, 0.25) is 0 Å². The minimum absolute atomic E-state index is 0.316. The van der Waals surface area contributed by atoms with Crippen LogP contribution in [-0.2, 0) is 10.0 Å². The number of anilines is 1. The molecular formula is C26H28FN3O3S. The second kappa shape index (κ2) is 8.58. The predicted molar refractivity (Wildman–Crippen MR) is 133 cm³/mol. The van der Waals surface area contributed by atoms with Gasteiger partial charge in [0.05, 0.1) is 17.5 Å². The fourth-order valence-corrected chi connectivity index (χ4v) is 5.32. The third-order valence-electron chi connectivity index (χ3n) is 6.27. The summed E-state index contributed by atoms with van der Waals surface area (Å²) >= 11 is 0. The van der Waals surface area contributed by atoms with E-state index in [2.05, 4.69) is 29.9 Å². The van der Waals surface area contributed by atoms with Crippen molar-refractivity contribution in [3.8, 4) is 22.7 Å². The molecule has 8 heteroatoms. The molecular weight excluding hydrogens is 453 g/mol. The Morgan fingerprint density at radius 3 is 2.53 bits per heavy atom. The van der Waals surface area contributed by atoms with Gasteiger partial charge in [-0.05, 0) is 67.0 Å². The number of nitrogens with one attached hydrogen (secondary N) is 1. The molecule has 1 fully saturated rings. The van der Waals surface area contributed by atoms with Gasteiger partial charge >= 0.3 is 0 Å². The number of furan rings is 1. The van der Waals surface area contributed by atoms with Crippen molar-refractivity contribution in [3.63, 3.8) is 0 Å². The number of fused-ring (bicyclic) bond motifs is 1. The lowest BCUT2D eigenvalue weighted by Gasteiger charge is -2.26. The van der Waals surface area contributed by atoms with Gasteiger partial charge in [0, 0.05) is 36.0 Å². The molecule has 6 nitrogen and oxygen atoms in total. The Morgan fingerprint density at radius 2 is 1.94 bits per heavy atom. The highest BCUT2D eigenvalue weighted by atomic mass is 32.2. The number of hydrogen-bond acceptors (Lipinski definition) is 4. The Balaban J connectivity index is 1.75. The molecule has 0 atom stereocenters. The van der Waals surface area contributed by atoms with Crippen LogP contribution in [0.5, 0.6) is 0 Å². The number of nitrogens with zero attached hydrogens (tertiary/aromatic N) is 2. The quantitative estimate of drug-likeness (QED) is 0.319. The largest absolute Gasteiger partial charge is 0.455 e. The minimum Gasteiger partial charge on any atom is -0.455 e. The Hall–Kier alpha value is -3.13. The standard InChI is InChI=1S/C26H28FN3O3S/c1-16(2)10-13-30(34(3,31)32)22-15-23-21(14-20(22)17-4-5-17)24(26-28-11-12-29-26)25(33-23)18-6-8-19(27)9-7-18/h6-9,11-12,14-17H,4-5,10,13H2,1-3H3,(H,28,29). The lowest BCUT2D eigenvalue weighted by Crippen LogP contribution is -2.32. The number of aromatic nitrogens is 2. The van der Waals surface area contributed by atoms with Crippen molar-refractivity contribution in [3.05, 3.63) is 60.2 Å². The van der Waals surface area contributed by atoms with Crippen molar-refractivity contribution in [2.75, 3.05) is 17.1 Å². The molecule has 0 radical (unpaired) electrons. The Labute approximate surface area is 198 Å². The molecule has 1 saturated carbocycles. The normalized spacial score (nSPS) is 14.3. The molecule has 0 amide bonds. The number of hydrogen-bond donors (Lipinski definition) is 1. The number of aromatic amines is 1. The summed E-state index contributed by atoms with van der Waals surface area (Å²) in [4.78, 5) is 7.61. The zero-order valence-electron chi connectivity index (χ0n) is 19.5. The summed E-state index contributed by atoms with van der Waals surface area (Å²) in [7, 11) is -3.48. The van der Waals surface area contributed by atoms with Gasteiger partial charge in [-0.2, -0.15) is 0 Å². The summed E-state index contributed by atoms with van der Waals surface area (Å²) in [5.41, 5.74) is 3.78. The van der Waals surface area contributed by atoms with Gasteiger partial charge in [-0.1, -0.05) is 13.8 Å². The van der Waals surface area contributed by atoms with E-state index in [9.17, 15) is 12.8 Å². The van der Waals surface area contributed by atoms with Crippen LogP contribution in [0.1, 0.15) is 44.6 Å². The Kier molecular flexibility index (Phi) is 5.72. The van der Waals surface area contributed by atoms with E-state index in [0.29, 0.717) is 41.2 Å². The van der Waals surface area contributed by atoms with Crippen LogP contribution in [0.4, 0.5) is 10.1 Å². The number of H-pyrrole nitrogens is 1. The van der Waals surface area contributed by atoms with Crippen molar-refractivity contribution in [1.29, 1.82) is 0 Å². The van der Waals surface area contributed by atoms with Crippen molar-refractivity contribution in [2.24, 2.45) is 5.92 Å². The van der Waals surface area contributed by atoms with Crippen molar-refractivity contribution >= 4 is 26.7 Å². The maximum atomic E-state index is 13.6. The Morgan fingerprint density at radius 1 is 1.21 bits per heavy atom. The number of halogens is 1. The zero-order valence-corrected chi connectivity index (χ0v) is 20.3. The van der Waals surface area contributed by atoms with Crippen LogP contribution in [0.25, 0.3) is 33.7 Å². The van der Waals surface area contributed by atoms with E-state index in [1.807, 2.05) is 6.07 Å². The SMILES string of the molecule is CC(C)CCN(c1cc2oc(-c3ccc(F)cc3)c(-c3ncc[nH]3)c2cc1C1CC1)S(C)(=O)=O. The molecule has 0 saturated heterocycles. The summed E-state index contributed by atoms with van der Waals surface area (Å²) in [5, 5.41) is 0.859. The average molecular weight is 482 g/mol. The van der Waals surface area contributed by atoms with E-state index in [0.717, 1.165) is 41.3 Å². The van der Waals surface area contributed by atoms with Crippen molar-refractivity contribution in [2.45, 2.75) is 39.0 Å². The summed E-state index contributed by atoms with van der Waals surface area (Å²) in [6, 6.07) is 10.1. The van der Waals surface area contributed by atoms with Gasteiger partial charge in [-0.25, -0.2) is 17.8 Å². The fraction of sp³-hybridized carbons (Fsp3) is 0.346. The molecule has 0 spiro atoms. The van der Waals surface area contributed by atoms with Gasteiger partial charge in [-0.3, -0.25) is 4.31 Å². The highest BCUT2D eigenvalue weighted by molar-refractivity contribution is 7.92. The fourth-order valence-electron chi connectivity index (χ4n) is 4.37. The highest BCUT2D eigenvalue weighted by Crippen LogP contribution is 2.49. The topological polar surface area (TPSA) is 79.2 Å². The molecule has 4 aromatic rings. The molecule has 2 aromatic carbocycles. The van der Waals surface area contributed by atoms with E-state index in [-0.39, 0.29) is 5.82 Å². The van der Waals surface area contributed by atoms with Gasteiger partial charge in [0.1, 0.15) is 23.0 Å². The number of imidazole rings is 1. The van der Waals surface area contributed by atoms with Gasteiger partial charge in [-0.15, -0.1) is 0 Å². The first kappa shape index (κ1) is 22.7. The van der Waals surface area contributed by atoms with Crippen LogP contribution in [-0.4, -0.2) is 31.2 Å². The highest BCUT2D eigenvalue weighted by Gasteiger charge is 2.32. The van der Waals surface area contributed by atoms with E-state index >= 15 is 0 Å². The van der Waals surface area contributed by atoms with Crippen LogP contribution in [0.3, 0.4) is 0 Å². The zero-order chi connectivity index (χ0) is 24.0. The summed E-state index contributed by atoms with van der Waals surface area (Å²) in [6.07, 6.45) is 7.49. The van der Waals surface area contributed by atoms with Crippen LogP contribution >= 0.6 is 0 Å². The van der Waals surface area contributed by atoms with Gasteiger partial charge in [0.15, 0.2) is 0 Å². The lowest BCUT2D eigenvalue weighted by molar-refractivity contribution is 0.572. The molecule has 2 aromatic heterocycles. The molecule has 5 rings (SSSR count). The lowest BCUT2D eigenvalue weighted by atomic mass is 10.00. The van der Waals surface area contributed by atoms with Crippen LogP contribution in [0.15, 0.2) is 53.2 Å². The molecule has 0 bridgehead atoms. The number of rotatable bonds is 8. The first-order valence-corrected chi connectivity index (χ1v) is 13.4.